The lowest BCUT2D eigenvalue weighted by Crippen LogP contribution is -2.44. The minimum Gasteiger partial charge on any atom is -0.371 e. The molecule has 0 spiro atoms. The summed E-state index contributed by atoms with van der Waals surface area (Å²) >= 11 is 0. The first-order valence-corrected chi connectivity index (χ1v) is 9.54. The van der Waals surface area contributed by atoms with E-state index in [1.807, 2.05) is 4.90 Å². The molecule has 132 valence electrons. The number of rotatable bonds is 6. The number of likely N-dealkylation sites (N-methyl/N-ethyl adjacent to an activating group) is 1. The fourth-order valence-electron chi connectivity index (χ4n) is 4.10. The highest BCUT2D eigenvalue weighted by molar-refractivity contribution is 5.78. The minimum atomic E-state index is 0.284. The Hall–Kier alpha value is -1.55. The Kier molecular flexibility index (Phi) is 5.77. The molecule has 1 aromatic carbocycles. The number of hydrogen-bond donors (Lipinski definition) is 0. The van der Waals surface area contributed by atoms with Gasteiger partial charge in [0.05, 0.1) is 6.54 Å². The summed E-state index contributed by atoms with van der Waals surface area (Å²) in [6.07, 6.45) is 3.61. The van der Waals surface area contributed by atoms with Gasteiger partial charge in [-0.2, -0.15) is 0 Å². The van der Waals surface area contributed by atoms with Gasteiger partial charge in [0.15, 0.2) is 0 Å². The molecule has 0 bridgehead atoms. The minimum absolute atomic E-state index is 0.284. The van der Waals surface area contributed by atoms with Crippen molar-refractivity contribution in [1.82, 2.24) is 9.80 Å². The van der Waals surface area contributed by atoms with Crippen molar-refractivity contribution < 1.29 is 4.79 Å². The summed E-state index contributed by atoms with van der Waals surface area (Å²) in [6, 6.07) is 8.82. The predicted octanol–water partition coefficient (Wildman–Crippen LogP) is 2.63. The molecular formula is C20H31N3O. The topological polar surface area (TPSA) is 26.8 Å². The molecule has 1 saturated heterocycles. The molecule has 3 rings (SSSR count). The SMILES string of the molecule is CCN(CC)C(=O)CN1CCC(CN2CCc3ccccc32)CC1. The van der Waals surface area contributed by atoms with E-state index in [0.717, 1.165) is 32.1 Å². The van der Waals surface area contributed by atoms with Crippen molar-refractivity contribution in [3.05, 3.63) is 29.8 Å². The van der Waals surface area contributed by atoms with Crippen molar-refractivity contribution in [2.45, 2.75) is 33.1 Å². The van der Waals surface area contributed by atoms with Crippen molar-refractivity contribution >= 4 is 11.6 Å². The van der Waals surface area contributed by atoms with Crippen LogP contribution in [-0.2, 0) is 11.2 Å². The number of carbonyl (C=O) groups excluding carboxylic acids is 1. The van der Waals surface area contributed by atoms with Crippen LogP contribution in [0.5, 0.6) is 0 Å². The molecule has 0 unspecified atom stereocenters. The van der Waals surface area contributed by atoms with Gasteiger partial charge in [-0.1, -0.05) is 18.2 Å². The van der Waals surface area contributed by atoms with E-state index in [4.69, 9.17) is 0 Å². The average molecular weight is 329 g/mol. The van der Waals surface area contributed by atoms with E-state index >= 15 is 0 Å². The molecule has 0 aromatic heterocycles. The number of amides is 1. The third-order valence-electron chi connectivity index (χ3n) is 5.64. The van der Waals surface area contributed by atoms with Gasteiger partial charge in [-0.3, -0.25) is 9.69 Å². The second-order valence-electron chi connectivity index (χ2n) is 7.11. The molecule has 1 aromatic rings. The third kappa shape index (κ3) is 3.92. The summed E-state index contributed by atoms with van der Waals surface area (Å²) in [6.45, 7) is 10.8. The van der Waals surface area contributed by atoms with E-state index in [1.54, 1.807) is 0 Å². The number of hydrogen-bond acceptors (Lipinski definition) is 3. The van der Waals surface area contributed by atoms with Gasteiger partial charge in [0.1, 0.15) is 0 Å². The van der Waals surface area contributed by atoms with Crippen LogP contribution in [0.15, 0.2) is 24.3 Å². The molecule has 0 saturated carbocycles. The maximum absolute atomic E-state index is 12.2. The average Bonchev–Trinajstić information content (AvgIpc) is 3.01. The Morgan fingerprint density at radius 2 is 1.83 bits per heavy atom. The molecule has 0 radical (unpaired) electrons. The highest BCUT2D eigenvalue weighted by Crippen LogP contribution is 2.30. The molecule has 2 heterocycles. The largest absolute Gasteiger partial charge is 0.371 e. The van der Waals surface area contributed by atoms with Crippen molar-refractivity contribution in [3.63, 3.8) is 0 Å². The zero-order chi connectivity index (χ0) is 16.9. The quantitative estimate of drug-likeness (QED) is 0.803. The lowest BCUT2D eigenvalue weighted by molar-refractivity contribution is -0.132. The first kappa shape index (κ1) is 17.3. The standard InChI is InChI=1S/C20H31N3O/c1-3-22(4-2)20(24)16-21-12-9-17(10-13-21)15-23-14-11-18-7-5-6-8-19(18)23/h5-8,17H,3-4,9-16H2,1-2H3. The van der Waals surface area contributed by atoms with E-state index < -0.39 is 0 Å². The highest BCUT2D eigenvalue weighted by Gasteiger charge is 2.26. The van der Waals surface area contributed by atoms with Crippen molar-refractivity contribution in [3.8, 4) is 0 Å². The Morgan fingerprint density at radius 1 is 1.12 bits per heavy atom. The van der Waals surface area contributed by atoms with E-state index in [2.05, 4.69) is 47.9 Å². The van der Waals surface area contributed by atoms with Crippen LogP contribution in [0.25, 0.3) is 0 Å². The van der Waals surface area contributed by atoms with Crippen LogP contribution in [0.1, 0.15) is 32.3 Å². The Balaban J connectivity index is 1.45. The number of likely N-dealkylation sites (tertiary alicyclic amines) is 1. The number of piperidine rings is 1. The van der Waals surface area contributed by atoms with Crippen LogP contribution in [0.3, 0.4) is 0 Å². The second-order valence-corrected chi connectivity index (χ2v) is 7.11. The van der Waals surface area contributed by atoms with E-state index in [1.165, 1.54) is 43.6 Å². The van der Waals surface area contributed by atoms with Gasteiger partial charge in [-0.05, 0) is 63.7 Å². The van der Waals surface area contributed by atoms with Gasteiger partial charge >= 0.3 is 0 Å². The van der Waals surface area contributed by atoms with Crippen molar-refractivity contribution in [1.29, 1.82) is 0 Å². The highest BCUT2D eigenvalue weighted by atomic mass is 16.2. The van der Waals surface area contributed by atoms with Gasteiger partial charge in [-0.15, -0.1) is 0 Å². The lowest BCUT2D eigenvalue weighted by Gasteiger charge is -2.35. The summed E-state index contributed by atoms with van der Waals surface area (Å²) in [7, 11) is 0. The molecule has 2 aliphatic heterocycles. The van der Waals surface area contributed by atoms with Crippen LogP contribution in [-0.4, -0.2) is 61.5 Å². The van der Waals surface area contributed by atoms with E-state index in [0.29, 0.717) is 6.54 Å². The van der Waals surface area contributed by atoms with E-state index in [-0.39, 0.29) is 5.91 Å². The normalized spacial score (nSPS) is 18.7. The smallest absolute Gasteiger partial charge is 0.236 e. The van der Waals surface area contributed by atoms with Crippen LogP contribution < -0.4 is 4.90 Å². The number of fused-ring (bicyclic) bond motifs is 1. The fourth-order valence-corrected chi connectivity index (χ4v) is 4.10. The van der Waals surface area contributed by atoms with E-state index in [9.17, 15) is 4.79 Å². The molecule has 24 heavy (non-hydrogen) atoms. The summed E-state index contributed by atoms with van der Waals surface area (Å²) in [5.74, 6) is 1.04. The Morgan fingerprint density at radius 3 is 2.54 bits per heavy atom. The molecule has 2 aliphatic rings. The van der Waals surface area contributed by atoms with Crippen LogP contribution >= 0.6 is 0 Å². The number of para-hydroxylation sites is 1. The number of nitrogens with zero attached hydrogens (tertiary/aromatic N) is 3. The maximum Gasteiger partial charge on any atom is 0.236 e. The first-order valence-electron chi connectivity index (χ1n) is 9.54. The Labute approximate surface area is 146 Å². The maximum atomic E-state index is 12.2. The van der Waals surface area contributed by atoms with Crippen LogP contribution in [0.4, 0.5) is 5.69 Å². The zero-order valence-electron chi connectivity index (χ0n) is 15.2. The molecule has 1 fully saturated rings. The van der Waals surface area contributed by atoms with Gasteiger partial charge in [-0.25, -0.2) is 0 Å². The summed E-state index contributed by atoms with van der Waals surface area (Å²) in [5, 5.41) is 0. The molecule has 0 aliphatic carbocycles. The van der Waals surface area contributed by atoms with Gasteiger partial charge in [0, 0.05) is 31.9 Å². The molecule has 0 N–H and O–H groups in total. The zero-order valence-corrected chi connectivity index (χ0v) is 15.2. The Bertz CT molecular complexity index is 548. The summed E-state index contributed by atoms with van der Waals surface area (Å²) < 4.78 is 0. The fraction of sp³-hybridized carbons (Fsp3) is 0.650. The van der Waals surface area contributed by atoms with Crippen LogP contribution in [0, 0.1) is 5.92 Å². The van der Waals surface area contributed by atoms with Gasteiger partial charge in [0.25, 0.3) is 0 Å². The number of anilines is 1. The number of carbonyl (C=O) groups is 1. The van der Waals surface area contributed by atoms with Gasteiger partial charge < -0.3 is 9.80 Å². The molecule has 4 heteroatoms. The van der Waals surface area contributed by atoms with Crippen LogP contribution in [0.2, 0.25) is 0 Å². The predicted molar refractivity (Wildman–Crippen MR) is 99.5 cm³/mol. The monoisotopic (exact) mass is 329 g/mol. The summed E-state index contributed by atoms with van der Waals surface area (Å²) in [5.41, 5.74) is 2.94. The summed E-state index contributed by atoms with van der Waals surface area (Å²) in [4.78, 5) is 19.1. The van der Waals surface area contributed by atoms with Crippen molar-refractivity contribution in [2.24, 2.45) is 5.92 Å². The number of benzene rings is 1. The molecule has 0 atom stereocenters. The van der Waals surface area contributed by atoms with Crippen molar-refractivity contribution in [2.75, 3.05) is 50.7 Å². The molecular weight excluding hydrogens is 298 g/mol. The second kappa shape index (κ2) is 8.02. The van der Waals surface area contributed by atoms with Gasteiger partial charge in [0.2, 0.25) is 5.91 Å². The first-order chi connectivity index (χ1) is 11.7. The third-order valence-corrected chi connectivity index (χ3v) is 5.64. The molecule has 1 amide bonds. The molecule has 4 nitrogen and oxygen atoms in total. The lowest BCUT2D eigenvalue weighted by atomic mass is 9.96.